The maximum Gasteiger partial charge on any atom is 0.269 e. The monoisotopic (exact) mass is 629 g/mol. The summed E-state index contributed by atoms with van der Waals surface area (Å²) in [4.78, 5) is 8.57. The van der Waals surface area contributed by atoms with E-state index in [0.29, 0.717) is 27.9 Å². The second-order valence-electron chi connectivity index (χ2n) is 10.2. The van der Waals surface area contributed by atoms with Gasteiger partial charge in [0.2, 0.25) is 0 Å². The zero-order valence-electron chi connectivity index (χ0n) is 21.1. The van der Waals surface area contributed by atoms with Crippen LogP contribution in [0.5, 0.6) is 0 Å². The van der Waals surface area contributed by atoms with Crippen molar-refractivity contribution in [3.8, 4) is 0 Å². The number of nitrogens with zero attached hydrogens (tertiary/aromatic N) is 6. The predicted octanol–water partition coefficient (Wildman–Crippen LogP) is 3.64. The molecule has 14 heteroatoms. The molecule has 0 aliphatic heterocycles. The Balaban J connectivity index is 1.35. The normalized spacial score (nSPS) is 19.4. The fourth-order valence-electron chi connectivity index (χ4n) is 5.03. The minimum absolute atomic E-state index is 0.0539. The fraction of sp³-hybridized carbons (Fsp3) is 0.280. The van der Waals surface area contributed by atoms with Crippen molar-refractivity contribution in [3.63, 3.8) is 0 Å². The van der Waals surface area contributed by atoms with Gasteiger partial charge in [0.15, 0.2) is 16.3 Å². The number of rotatable bonds is 6. The van der Waals surface area contributed by atoms with E-state index in [9.17, 15) is 16.8 Å². The van der Waals surface area contributed by atoms with E-state index in [4.69, 9.17) is 0 Å². The highest BCUT2D eigenvalue weighted by Gasteiger charge is 2.52. The highest BCUT2D eigenvalue weighted by Crippen LogP contribution is 2.52. The van der Waals surface area contributed by atoms with E-state index in [1.165, 1.54) is 24.7 Å². The number of pyridine rings is 1. The predicted molar refractivity (Wildman–Crippen MR) is 147 cm³/mol. The van der Waals surface area contributed by atoms with Gasteiger partial charge in [-0.1, -0.05) is 31.5 Å². The molecule has 1 aromatic carbocycles. The molecule has 1 fully saturated rings. The van der Waals surface area contributed by atoms with Crippen LogP contribution in [0.3, 0.4) is 0 Å². The Kier molecular flexibility index (Phi) is 5.95. The van der Waals surface area contributed by atoms with E-state index in [1.807, 2.05) is 20.8 Å². The Labute approximate surface area is 233 Å². The highest BCUT2D eigenvalue weighted by atomic mass is 79.9. The van der Waals surface area contributed by atoms with E-state index >= 15 is 0 Å². The maximum absolute atomic E-state index is 13.4. The van der Waals surface area contributed by atoms with Crippen molar-refractivity contribution in [2.24, 2.45) is 5.41 Å². The first-order valence-corrected chi connectivity index (χ1v) is 15.8. The molecule has 1 aliphatic rings. The second kappa shape index (κ2) is 8.91. The van der Waals surface area contributed by atoms with Gasteiger partial charge in [-0.15, -0.1) is 10.2 Å². The lowest BCUT2D eigenvalue weighted by molar-refractivity contribution is 0.0796. The molecule has 0 saturated heterocycles. The van der Waals surface area contributed by atoms with Gasteiger partial charge in [-0.05, 0) is 65.0 Å². The first kappa shape index (κ1) is 26.0. The van der Waals surface area contributed by atoms with Crippen molar-refractivity contribution in [1.29, 1.82) is 0 Å². The SMILES string of the molecule is Cc1ccc(S(=O)(=O)n2ccc3c2ncc2nnc([C@H]4C[C@@H](NS(=O)(=O)c5ccc(Br)cn5)C4(C)C)n23)cc1. The quantitative estimate of drug-likeness (QED) is 0.300. The number of halogens is 1. The number of sulfonamides is 1. The highest BCUT2D eigenvalue weighted by molar-refractivity contribution is 9.10. The third kappa shape index (κ3) is 4.17. The Hall–Kier alpha value is -3.20. The van der Waals surface area contributed by atoms with Crippen molar-refractivity contribution < 1.29 is 16.8 Å². The van der Waals surface area contributed by atoms with Gasteiger partial charge in [0.05, 0.1) is 16.6 Å². The summed E-state index contributed by atoms with van der Waals surface area (Å²) in [6.45, 7) is 5.83. The molecule has 5 aromatic rings. The van der Waals surface area contributed by atoms with E-state index < -0.39 is 25.5 Å². The summed E-state index contributed by atoms with van der Waals surface area (Å²) >= 11 is 3.27. The van der Waals surface area contributed by atoms with Crippen LogP contribution in [0.25, 0.3) is 16.8 Å². The average molecular weight is 631 g/mol. The summed E-state index contributed by atoms with van der Waals surface area (Å²) in [5, 5.41) is 8.64. The molecule has 11 nitrogen and oxygen atoms in total. The summed E-state index contributed by atoms with van der Waals surface area (Å²) in [6, 6.07) is 11.0. The molecular weight excluding hydrogens is 606 g/mol. The van der Waals surface area contributed by atoms with Gasteiger partial charge in [-0.3, -0.25) is 4.40 Å². The minimum Gasteiger partial charge on any atom is -0.274 e. The van der Waals surface area contributed by atoms with Crippen LogP contribution in [0.15, 0.2) is 75.4 Å². The van der Waals surface area contributed by atoms with Crippen LogP contribution in [0.4, 0.5) is 0 Å². The molecule has 0 bridgehead atoms. The molecule has 0 unspecified atom stereocenters. The first-order valence-electron chi connectivity index (χ1n) is 12.1. The van der Waals surface area contributed by atoms with Crippen LogP contribution in [-0.4, -0.2) is 51.4 Å². The summed E-state index contributed by atoms with van der Waals surface area (Å²) in [5.41, 5.74) is 1.71. The fourth-order valence-corrected chi connectivity index (χ4v) is 7.89. The summed E-state index contributed by atoms with van der Waals surface area (Å²) < 4.78 is 59.2. The Morgan fingerprint density at radius 3 is 2.38 bits per heavy atom. The summed E-state index contributed by atoms with van der Waals surface area (Å²) in [6.07, 6.45) is 4.89. The molecule has 1 saturated carbocycles. The molecule has 6 rings (SSSR count). The van der Waals surface area contributed by atoms with Crippen LogP contribution >= 0.6 is 15.9 Å². The van der Waals surface area contributed by atoms with Crippen LogP contribution in [0, 0.1) is 12.3 Å². The number of fused-ring (bicyclic) bond motifs is 3. The third-order valence-electron chi connectivity index (χ3n) is 7.49. The number of hydrogen-bond acceptors (Lipinski definition) is 8. The van der Waals surface area contributed by atoms with E-state index in [0.717, 1.165) is 9.54 Å². The van der Waals surface area contributed by atoms with Gasteiger partial charge in [0.1, 0.15) is 5.82 Å². The average Bonchev–Trinajstić information content (AvgIpc) is 3.51. The maximum atomic E-state index is 13.4. The van der Waals surface area contributed by atoms with Crippen LogP contribution in [0.2, 0.25) is 0 Å². The lowest BCUT2D eigenvalue weighted by atomic mass is 9.58. The Morgan fingerprint density at radius 1 is 0.974 bits per heavy atom. The van der Waals surface area contributed by atoms with Gasteiger partial charge in [-0.2, -0.15) is 0 Å². The van der Waals surface area contributed by atoms with Crippen LogP contribution in [-0.2, 0) is 20.0 Å². The topological polar surface area (TPSA) is 141 Å². The Morgan fingerprint density at radius 2 is 1.72 bits per heavy atom. The van der Waals surface area contributed by atoms with Crippen LogP contribution in [0.1, 0.15) is 37.6 Å². The minimum atomic E-state index is -3.88. The molecule has 202 valence electrons. The summed E-state index contributed by atoms with van der Waals surface area (Å²) in [7, 11) is -7.71. The number of aromatic nitrogens is 6. The van der Waals surface area contributed by atoms with Gasteiger partial charge in [-0.25, -0.2) is 35.5 Å². The molecule has 4 heterocycles. The number of benzene rings is 1. The van der Waals surface area contributed by atoms with E-state index in [2.05, 4.69) is 40.8 Å². The number of aryl methyl sites for hydroxylation is 1. The first-order chi connectivity index (χ1) is 18.4. The smallest absolute Gasteiger partial charge is 0.269 e. The number of hydrogen-bond donors (Lipinski definition) is 1. The van der Waals surface area contributed by atoms with Gasteiger partial charge in [0.25, 0.3) is 20.0 Å². The lowest BCUT2D eigenvalue weighted by Crippen LogP contribution is -2.57. The van der Waals surface area contributed by atoms with Gasteiger partial charge >= 0.3 is 0 Å². The molecule has 1 aliphatic carbocycles. The van der Waals surface area contributed by atoms with Crippen molar-refractivity contribution in [2.75, 3.05) is 0 Å². The lowest BCUT2D eigenvalue weighted by Gasteiger charge is -2.51. The Bertz CT molecular complexity index is 1950. The molecule has 1 N–H and O–H groups in total. The van der Waals surface area contributed by atoms with Crippen molar-refractivity contribution >= 4 is 52.8 Å². The largest absolute Gasteiger partial charge is 0.274 e. The zero-order valence-corrected chi connectivity index (χ0v) is 24.4. The third-order valence-corrected chi connectivity index (χ3v) is 11.0. The van der Waals surface area contributed by atoms with Gasteiger partial charge < -0.3 is 0 Å². The van der Waals surface area contributed by atoms with Crippen LogP contribution < -0.4 is 4.72 Å². The number of nitrogens with one attached hydrogen (secondary N) is 1. The molecule has 0 radical (unpaired) electrons. The molecule has 4 aromatic heterocycles. The van der Waals surface area contributed by atoms with Gasteiger partial charge in [0, 0.05) is 28.8 Å². The summed E-state index contributed by atoms with van der Waals surface area (Å²) in [5.74, 6) is 0.464. The molecule has 0 amide bonds. The van der Waals surface area contributed by atoms with E-state index in [1.54, 1.807) is 40.8 Å². The second-order valence-corrected chi connectivity index (χ2v) is 14.6. The zero-order chi connectivity index (χ0) is 27.7. The van der Waals surface area contributed by atoms with Crippen molar-refractivity contribution in [2.45, 2.75) is 49.1 Å². The van der Waals surface area contributed by atoms with Crippen molar-refractivity contribution in [3.05, 3.63) is 76.9 Å². The molecular formula is C25H24BrN7O4S2. The van der Waals surface area contributed by atoms with Crippen molar-refractivity contribution in [1.82, 2.24) is 33.3 Å². The molecule has 39 heavy (non-hydrogen) atoms. The molecule has 0 spiro atoms. The van der Waals surface area contributed by atoms with E-state index in [-0.39, 0.29) is 27.5 Å². The molecule has 2 atom stereocenters. The standard InChI is InChI=1S/C25H24BrN7O4S2/c1-15-4-7-17(8-5-15)39(36,37)32-11-10-19-24(32)28-14-21-29-30-23(33(19)21)18-12-20(25(18,2)3)31-38(34,35)22-9-6-16(26)13-27-22/h4-11,13-14,18,20,31H,12H2,1-3H3/t18-,20-/m1/s1.